The Labute approximate surface area is 133 Å². The molecule has 0 unspecified atom stereocenters. The van der Waals surface area contributed by atoms with Crippen molar-refractivity contribution in [1.82, 2.24) is 9.78 Å². The summed E-state index contributed by atoms with van der Waals surface area (Å²) in [5.74, 6) is -0.119. The van der Waals surface area contributed by atoms with E-state index in [0.717, 1.165) is 11.3 Å². The zero-order valence-electron chi connectivity index (χ0n) is 12.3. The second kappa shape index (κ2) is 6.58. The molecule has 0 radical (unpaired) electrons. The molecule has 0 saturated heterocycles. The van der Waals surface area contributed by atoms with Crippen molar-refractivity contribution >= 4 is 11.6 Å². The molecule has 2 aromatic carbocycles. The van der Waals surface area contributed by atoms with E-state index in [2.05, 4.69) is 16.5 Å². The first-order chi connectivity index (χ1) is 11.2. The monoisotopic (exact) mass is 302 g/mol. The second-order valence-corrected chi connectivity index (χ2v) is 5.03. The van der Waals surface area contributed by atoms with Gasteiger partial charge in [0.05, 0.1) is 23.7 Å². The van der Waals surface area contributed by atoms with Gasteiger partial charge >= 0.3 is 0 Å². The molecule has 0 bridgehead atoms. The third kappa shape index (κ3) is 3.63. The van der Waals surface area contributed by atoms with Crippen LogP contribution in [0.4, 0.5) is 5.69 Å². The number of nitrogens with one attached hydrogen (secondary N) is 1. The molecule has 0 aliphatic heterocycles. The van der Waals surface area contributed by atoms with Crippen molar-refractivity contribution in [2.45, 2.75) is 6.42 Å². The molecule has 0 atom stereocenters. The summed E-state index contributed by atoms with van der Waals surface area (Å²) in [5.41, 5.74) is 3.00. The Morgan fingerprint density at radius 2 is 2.00 bits per heavy atom. The smallest absolute Gasteiger partial charge is 0.228 e. The summed E-state index contributed by atoms with van der Waals surface area (Å²) in [6, 6.07) is 18.4. The predicted octanol–water partition coefficient (Wildman–Crippen LogP) is 2.93. The van der Waals surface area contributed by atoms with E-state index in [-0.39, 0.29) is 12.3 Å². The van der Waals surface area contributed by atoms with Crippen LogP contribution < -0.4 is 5.32 Å². The molecule has 0 saturated carbocycles. The van der Waals surface area contributed by atoms with Gasteiger partial charge in [0.15, 0.2) is 0 Å². The molecule has 1 amide bonds. The number of carbonyl (C=O) groups excluding carboxylic acids is 1. The van der Waals surface area contributed by atoms with Crippen LogP contribution >= 0.6 is 0 Å². The maximum atomic E-state index is 12.1. The third-order valence-electron chi connectivity index (χ3n) is 3.35. The molecule has 0 aliphatic carbocycles. The van der Waals surface area contributed by atoms with E-state index in [1.165, 1.54) is 0 Å². The van der Waals surface area contributed by atoms with Crippen LogP contribution in [0.25, 0.3) is 5.69 Å². The van der Waals surface area contributed by atoms with Gasteiger partial charge in [0.1, 0.15) is 0 Å². The highest BCUT2D eigenvalue weighted by Crippen LogP contribution is 2.12. The van der Waals surface area contributed by atoms with Crippen molar-refractivity contribution < 1.29 is 4.79 Å². The van der Waals surface area contributed by atoms with E-state index in [9.17, 15) is 4.79 Å². The minimum absolute atomic E-state index is 0.119. The van der Waals surface area contributed by atoms with Crippen molar-refractivity contribution in [3.05, 3.63) is 78.1 Å². The Bertz CT molecular complexity index is 845. The molecule has 112 valence electrons. The Kier molecular flexibility index (Phi) is 4.16. The van der Waals surface area contributed by atoms with Gasteiger partial charge in [0.2, 0.25) is 5.91 Å². The van der Waals surface area contributed by atoms with Gasteiger partial charge in [-0.2, -0.15) is 10.4 Å². The first kappa shape index (κ1) is 14.5. The maximum Gasteiger partial charge on any atom is 0.228 e. The van der Waals surface area contributed by atoms with Gasteiger partial charge < -0.3 is 5.32 Å². The molecule has 1 N–H and O–H groups in total. The first-order valence-corrected chi connectivity index (χ1v) is 7.13. The number of rotatable bonds is 4. The SMILES string of the molecule is N#Cc1cccc(NC(=O)Cc2ccc(-n3cccn3)cc2)c1. The summed E-state index contributed by atoms with van der Waals surface area (Å²) in [7, 11) is 0. The predicted molar refractivity (Wildman–Crippen MR) is 87.1 cm³/mol. The fourth-order valence-corrected chi connectivity index (χ4v) is 2.25. The van der Waals surface area contributed by atoms with Gasteiger partial charge in [-0.15, -0.1) is 0 Å². The molecule has 0 aliphatic rings. The molecular formula is C18H14N4O. The van der Waals surface area contributed by atoms with Gasteiger partial charge in [0, 0.05) is 18.1 Å². The Morgan fingerprint density at radius 1 is 1.17 bits per heavy atom. The lowest BCUT2D eigenvalue weighted by atomic mass is 10.1. The normalized spacial score (nSPS) is 10.0. The molecule has 0 spiro atoms. The van der Waals surface area contributed by atoms with Crippen molar-refractivity contribution in [2.24, 2.45) is 0 Å². The van der Waals surface area contributed by atoms with E-state index >= 15 is 0 Å². The van der Waals surface area contributed by atoms with E-state index in [1.807, 2.05) is 36.5 Å². The minimum Gasteiger partial charge on any atom is -0.326 e. The minimum atomic E-state index is -0.119. The second-order valence-electron chi connectivity index (χ2n) is 5.03. The number of nitriles is 1. The van der Waals surface area contributed by atoms with Gasteiger partial charge in [-0.25, -0.2) is 4.68 Å². The quantitative estimate of drug-likeness (QED) is 0.805. The lowest BCUT2D eigenvalue weighted by Crippen LogP contribution is -2.14. The van der Waals surface area contributed by atoms with Crippen LogP contribution in [0.3, 0.4) is 0 Å². The lowest BCUT2D eigenvalue weighted by molar-refractivity contribution is -0.115. The average Bonchev–Trinajstić information content (AvgIpc) is 3.10. The van der Waals surface area contributed by atoms with Crippen LogP contribution in [0.15, 0.2) is 67.0 Å². The fourth-order valence-electron chi connectivity index (χ4n) is 2.25. The van der Waals surface area contributed by atoms with Crippen LogP contribution in [0.5, 0.6) is 0 Å². The number of amides is 1. The maximum absolute atomic E-state index is 12.1. The lowest BCUT2D eigenvalue weighted by Gasteiger charge is -2.07. The highest BCUT2D eigenvalue weighted by atomic mass is 16.1. The highest BCUT2D eigenvalue weighted by molar-refractivity contribution is 5.92. The van der Waals surface area contributed by atoms with Crippen LogP contribution in [-0.4, -0.2) is 15.7 Å². The van der Waals surface area contributed by atoms with Crippen molar-refractivity contribution in [3.63, 3.8) is 0 Å². The van der Waals surface area contributed by atoms with E-state index < -0.39 is 0 Å². The number of nitrogens with zero attached hydrogens (tertiary/aromatic N) is 3. The van der Waals surface area contributed by atoms with Crippen LogP contribution in [-0.2, 0) is 11.2 Å². The van der Waals surface area contributed by atoms with Crippen LogP contribution in [0, 0.1) is 11.3 Å². The largest absolute Gasteiger partial charge is 0.326 e. The molecule has 1 heterocycles. The van der Waals surface area contributed by atoms with Gasteiger partial charge in [-0.05, 0) is 42.0 Å². The van der Waals surface area contributed by atoms with E-state index in [4.69, 9.17) is 5.26 Å². The summed E-state index contributed by atoms with van der Waals surface area (Å²) < 4.78 is 1.76. The van der Waals surface area contributed by atoms with Crippen LogP contribution in [0.1, 0.15) is 11.1 Å². The zero-order chi connectivity index (χ0) is 16.1. The Balaban J connectivity index is 1.65. The highest BCUT2D eigenvalue weighted by Gasteiger charge is 2.05. The third-order valence-corrected chi connectivity index (χ3v) is 3.35. The summed E-state index contributed by atoms with van der Waals surface area (Å²) in [6.45, 7) is 0. The standard InChI is InChI=1S/C18H14N4O/c19-13-15-3-1-4-16(11-15)21-18(23)12-14-5-7-17(8-6-14)22-10-2-9-20-22/h1-11H,12H2,(H,21,23). The zero-order valence-corrected chi connectivity index (χ0v) is 12.3. The summed E-state index contributed by atoms with van der Waals surface area (Å²) >= 11 is 0. The van der Waals surface area contributed by atoms with Gasteiger partial charge in [-0.1, -0.05) is 18.2 Å². The van der Waals surface area contributed by atoms with E-state index in [1.54, 1.807) is 35.1 Å². The molecular weight excluding hydrogens is 288 g/mol. The number of benzene rings is 2. The molecule has 5 nitrogen and oxygen atoms in total. The number of hydrogen-bond donors (Lipinski definition) is 1. The first-order valence-electron chi connectivity index (χ1n) is 7.13. The van der Waals surface area contributed by atoms with Crippen molar-refractivity contribution in [1.29, 1.82) is 5.26 Å². The summed E-state index contributed by atoms with van der Waals surface area (Å²) in [5, 5.41) is 15.8. The van der Waals surface area contributed by atoms with Crippen LogP contribution in [0.2, 0.25) is 0 Å². The number of anilines is 1. The van der Waals surface area contributed by atoms with Gasteiger partial charge in [0.25, 0.3) is 0 Å². The van der Waals surface area contributed by atoms with Crippen molar-refractivity contribution in [3.8, 4) is 11.8 Å². The molecule has 5 heteroatoms. The summed E-state index contributed by atoms with van der Waals surface area (Å²) in [4.78, 5) is 12.1. The molecule has 1 aromatic heterocycles. The van der Waals surface area contributed by atoms with Gasteiger partial charge in [-0.3, -0.25) is 4.79 Å². The average molecular weight is 302 g/mol. The number of aromatic nitrogens is 2. The number of hydrogen-bond acceptors (Lipinski definition) is 3. The summed E-state index contributed by atoms with van der Waals surface area (Å²) in [6.07, 6.45) is 3.86. The Hall–Kier alpha value is -3.39. The molecule has 3 aromatic rings. The van der Waals surface area contributed by atoms with Crippen molar-refractivity contribution in [2.75, 3.05) is 5.32 Å². The fraction of sp³-hybridized carbons (Fsp3) is 0.0556. The molecule has 23 heavy (non-hydrogen) atoms. The Morgan fingerprint density at radius 3 is 2.70 bits per heavy atom. The molecule has 3 rings (SSSR count). The molecule has 0 fully saturated rings. The number of carbonyl (C=O) groups is 1. The topological polar surface area (TPSA) is 70.7 Å². The van der Waals surface area contributed by atoms with E-state index in [0.29, 0.717) is 11.3 Å².